The van der Waals surface area contributed by atoms with Crippen LogP contribution in [0.1, 0.15) is 22.7 Å². The van der Waals surface area contributed by atoms with Gasteiger partial charge in [0, 0.05) is 11.3 Å². The molecule has 0 spiro atoms. The molecule has 1 fully saturated rings. The van der Waals surface area contributed by atoms with Crippen LogP contribution < -0.4 is 19.1 Å². The first-order chi connectivity index (χ1) is 23.9. The Labute approximate surface area is 290 Å². The Kier molecular flexibility index (Phi) is 9.01. The highest BCUT2D eigenvalue weighted by atomic mass is 32.2. The lowest BCUT2D eigenvalue weighted by Gasteiger charge is -2.23. The predicted molar refractivity (Wildman–Crippen MR) is 191 cm³/mol. The summed E-state index contributed by atoms with van der Waals surface area (Å²) in [6.45, 7) is 0. The van der Waals surface area contributed by atoms with Gasteiger partial charge in [-0.3, -0.25) is 14.5 Å². The summed E-state index contributed by atoms with van der Waals surface area (Å²) in [6.07, 6.45) is 0. The van der Waals surface area contributed by atoms with Crippen LogP contribution in [0.4, 0.5) is 5.13 Å². The van der Waals surface area contributed by atoms with E-state index in [1.165, 1.54) is 42.2 Å². The molecule has 5 aromatic carbocycles. The van der Waals surface area contributed by atoms with Gasteiger partial charge in [0.25, 0.3) is 5.78 Å². The van der Waals surface area contributed by atoms with E-state index in [1.807, 2.05) is 48.5 Å². The summed E-state index contributed by atoms with van der Waals surface area (Å²) in [5.41, 5.74) is 1.86. The molecule has 1 unspecified atom stereocenters. The van der Waals surface area contributed by atoms with Crippen LogP contribution in [0.2, 0.25) is 0 Å². The summed E-state index contributed by atoms with van der Waals surface area (Å²) in [5, 5.41) is 23.0. The molecule has 11 heteroatoms. The molecule has 7 rings (SSSR count). The number of hydrogen-bond acceptors (Lipinski definition) is 10. The largest absolute Gasteiger partial charge is 0.507 e. The average Bonchev–Trinajstić information content (AvgIpc) is 3.71. The van der Waals surface area contributed by atoms with Gasteiger partial charge in [-0.15, -0.1) is 10.2 Å². The van der Waals surface area contributed by atoms with Gasteiger partial charge in [0.15, 0.2) is 15.8 Å². The molecule has 244 valence electrons. The first kappa shape index (κ1) is 31.9. The van der Waals surface area contributed by atoms with Crippen molar-refractivity contribution < 1.29 is 28.9 Å². The van der Waals surface area contributed by atoms with Crippen LogP contribution in [-0.2, 0) is 15.3 Å². The Morgan fingerprint density at radius 3 is 2.37 bits per heavy atom. The first-order valence-electron chi connectivity index (χ1n) is 15.2. The van der Waals surface area contributed by atoms with E-state index < -0.39 is 17.7 Å². The van der Waals surface area contributed by atoms with Crippen molar-refractivity contribution in [1.82, 2.24) is 10.2 Å². The predicted octanol–water partition coefficient (Wildman–Crippen LogP) is 8.42. The number of ketones is 1. The van der Waals surface area contributed by atoms with E-state index in [9.17, 15) is 14.7 Å². The minimum absolute atomic E-state index is 0.103. The number of aliphatic hydroxyl groups excluding tert-OH is 1. The highest BCUT2D eigenvalue weighted by molar-refractivity contribution is 8.00. The zero-order valence-corrected chi connectivity index (χ0v) is 28.0. The van der Waals surface area contributed by atoms with Crippen molar-refractivity contribution >= 4 is 56.5 Å². The molecule has 0 aliphatic carbocycles. The summed E-state index contributed by atoms with van der Waals surface area (Å²) in [4.78, 5) is 29.0. The van der Waals surface area contributed by atoms with Crippen molar-refractivity contribution in [1.29, 1.82) is 0 Å². The van der Waals surface area contributed by atoms with E-state index in [4.69, 9.17) is 14.2 Å². The Bertz CT molecular complexity index is 2210. The number of aliphatic hydroxyl groups is 1. The summed E-state index contributed by atoms with van der Waals surface area (Å²) < 4.78 is 17.5. The van der Waals surface area contributed by atoms with Crippen LogP contribution in [0.5, 0.6) is 23.0 Å². The van der Waals surface area contributed by atoms with Crippen LogP contribution in [-0.4, -0.2) is 41.2 Å². The lowest BCUT2D eigenvalue weighted by molar-refractivity contribution is -0.132. The molecule has 2 heterocycles. The number of ether oxygens (including phenoxy) is 3. The summed E-state index contributed by atoms with van der Waals surface area (Å²) in [5.74, 6) is 0.499. The highest BCUT2D eigenvalue weighted by Gasteiger charge is 2.48. The topological polar surface area (TPSA) is 111 Å². The third kappa shape index (κ3) is 6.33. The highest BCUT2D eigenvalue weighted by Crippen LogP contribution is 2.45. The summed E-state index contributed by atoms with van der Waals surface area (Å²) >= 11 is 2.71. The fourth-order valence-electron chi connectivity index (χ4n) is 5.77. The van der Waals surface area contributed by atoms with Gasteiger partial charge < -0.3 is 19.3 Å². The molecule has 1 amide bonds. The van der Waals surface area contributed by atoms with Gasteiger partial charge in [0.1, 0.15) is 17.3 Å². The standard InChI is InChI=1S/C38H29N3O6S2/c1-45-30-19-18-25(21-31(30)46-2)34(42)32-33(24-12-9-16-28(20-24)47-27-14-4-3-5-15-27)41(36(44)35(32)43)37-39-40-38(49-37)48-22-26-13-8-11-23-10-6-7-17-29(23)26/h3-21,33,42H,22H2,1-2H3. The van der Waals surface area contributed by atoms with Gasteiger partial charge in [-0.05, 0) is 64.4 Å². The molecule has 1 aliphatic heterocycles. The molecule has 1 aliphatic rings. The SMILES string of the molecule is COc1ccc(C(O)=C2C(=O)C(=O)N(c3nnc(SCc4cccc5ccccc45)s3)C2c2cccc(Oc3ccccc3)c2)cc1OC. The molecule has 9 nitrogen and oxygen atoms in total. The number of carbonyl (C=O) groups excluding carboxylic acids is 2. The Hall–Kier alpha value is -5.65. The van der Waals surface area contributed by atoms with E-state index in [2.05, 4.69) is 34.5 Å². The summed E-state index contributed by atoms with van der Waals surface area (Å²) in [7, 11) is 2.98. The molecule has 1 aromatic heterocycles. The van der Waals surface area contributed by atoms with Gasteiger partial charge in [-0.1, -0.05) is 95.9 Å². The van der Waals surface area contributed by atoms with Gasteiger partial charge in [-0.2, -0.15) is 0 Å². The fourth-order valence-corrected chi connectivity index (χ4v) is 7.64. The van der Waals surface area contributed by atoms with Crippen LogP contribution >= 0.6 is 23.1 Å². The van der Waals surface area contributed by atoms with E-state index in [-0.39, 0.29) is 22.0 Å². The quantitative estimate of drug-likeness (QED) is 0.0499. The van der Waals surface area contributed by atoms with Crippen LogP contribution in [0.15, 0.2) is 125 Å². The van der Waals surface area contributed by atoms with Crippen LogP contribution in [0.3, 0.4) is 0 Å². The molecule has 1 N–H and O–H groups in total. The fraction of sp³-hybridized carbons (Fsp3) is 0.105. The number of benzene rings is 5. The molecule has 1 saturated heterocycles. The van der Waals surface area contributed by atoms with Gasteiger partial charge >= 0.3 is 5.91 Å². The maximum atomic E-state index is 13.9. The number of aromatic nitrogens is 2. The maximum absolute atomic E-state index is 13.9. The third-order valence-electron chi connectivity index (χ3n) is 8.09. The van der Waals surface area contributed by atoms with Crippen molar-refractivity contribution in [2.24, 2.45) is 0 Å². The first-order valence-corrected chi connectivity index (χ1v) is 17.0. The van der Waals surface area contributed by atoms with Gasteiger partial charge in [-0.25, -0.2) is 0 Å². The van der Waals surface area contributed by atoms with Crippen LogP contribution in [0, 0.1) is 0 Å². The number of amides is 1. The Morgan fingerprint density at radius 1 is 0.816 bits per heavy atom. The van der Waals surface area contributed by atoms with Gasteiger partial charge in [0.05, 0.1) is 25.8 Å². The number of para-hydroxylation sites is 1. The van der Waals surface area contributed by atoms with Crippen molar-refractivity contribution in [3.8, 4) is 23.0 Å². The van der Waals surface area contributed by atoms with E-state index in [0.717, 1.165) is 16.3 Å². The van der Waals surface area contributed by atoms with E-state index >= 15 is 0 Å². The number of Topliss-reactive ketones (excluding diaryl/α,β-unsaturated/α-hetero) is 1. The zero-order chi connectivity index (χ0) is 33.9. The van der Waals surface area contributed by atoms with Crippen molar-refractivity contribution in [2.45, 2.75) is 16.1 Å². The second-order valence-electron chi connectivity index (χ2n) is 11.0. The van der Waals surface area contributed by atoms with Crippen molar-refractivity contribution in [3.63, 3.8) is 0 Å². The van der Waals surface area contributed by atoms with Gasteiger partial charge in [0.2, 0.25) is 5.13 Å². The molecule has 49 heavy (non-hydrogen) atoms. The summed E-state index contributed by atoms with van der Waals surface area (Å²) in [6, 6.07) is 34.5. The normalized spacial score (nSPS) is 15.5. The molecule has 0 bridgehead atoms. The Morgan fingerprint density at radius 2 is 1.55 bits per heavy atom. The number of methoxy groups -OCH3 is 2. The monoisotopic (exact) mass is 687 g/mol. The molecule has 0 radical (unpaired) electrons. The van der Waals surface area contributed by atoms with E-state index in [0.29, 0.717) is 38.7 Å². The maximum Gasteiger partial charge on any atom is 0.301 e. The molecule has 6 aromatic rings. The minimum atomic E-state index is -1.03. The molecular weight excluding hydrogens is 659 g/mol. The smallest absolute Gasteiger partial charge is 0.301 e. The average molecular weight is 688 g/mol. The number of fused-ring (bicyclic) bond motifs is 1. The Balaban J connectivity index is 1.28. The lowest BCUT2D eigenvalue weighted by Crippen LogP contribution is -2.29. The second kappa shape index (κ2) is 13.8. The number of hydrogen-bond donors (Lipinski definition) is 1. The second-order valence-corrected chi connectivity index (χ2v) is 13.2. The third-order valence-corrected chi connectivity index (χ3v) is 10.2. The molecule has 0 saturated carbocycles. The lowest BCUT2D eigenvalue weighted by atomic mass is 9.95. The number of rotatable bonds is 10. The van der Waals surface area contributed by atoms with Crippen LogP contribution in [0.25, 0.3) is 16.5 Å². The van der Waals surface area contributed by atoms with Crippen molar-refractivity contribution in [3.05, 3.63) is 138 Å². The zero-order valence-electron chi connectivity index (χ0n) is 26.4. The number of anilines is 1. The number of carbonyl (C=O) groups is 2. The van der Waals surface area contributed by atoms with Crippen molar-refractivity contribution in [2.75, 3.05) is 19.1 Å². The number of nitrogens with zero attached hydrogens (tertiary/aromatic N) is 3. The molecule has 1 atom stereocenters. The van der Waals surface area contributed by atoms with E-state index in [1.54, 1.807) is 42.5 Å². The molecular formula is C38H29N3O6S2. The number of thioether (sulfide) groups is 1. The minimum Gasteiger partial charge on any atom is -0.507 e.